The molecule has 0 aliphatic carbocycles. The van der Waals surface area contributed by atoms with Gasteiger partial charge in [0.1, 0.15) is 0 Å². The number of hydrogen-bond donors (Lipinski definition) is 0. The quantitative estimate of drug-likeness (QED) is 0.0934. The Hall–Kier alpha value is -10.8. The lowest BCUT2D eigenvalue weighted by molar-refractivity contribution is 1.07. The molecule has 4 aromatic heterocycles. The van der Waals surface area contributed by atoms with Gasteiger partial charge in [0.2, 0.25) is 0 Å². The highest BCUT2D eigenvalue weighted by atomic mass is 15.1. The second-order valence-electron chi connectivity index (χ2n) is 18.5. The predicted molar refractivity (Wildman–Crippen MR) is 312 cm³/mol. The molecule has 0 radical (unpaired) electrons. The summed E-state index contributed by atoms with van der Waals surface area (Å²) in [7, 11) is 0. The molecule has 0 atom stereocenters. The number of allylic oxidation sites excluding steroid dienone is 3. The lowest BCUT2D eigenvalue weighted by atomic mass is 9.97. The summed E-state index contributed by atoms with van der Waals surface area (Å²) < 4.78 is 4.58. The largest absolute Gasteiger partial charge is 0.307 e. The van der Waals surface area contributed by atoms with E-state index in [0.29, 0.717) is 40.5 Å². The highest BCUT2D eigenvalue weighted by molar-refractivity contribution is 6.13. The fraction of sp³-hybridized carbons (Fsp3) is 0.0149. The van der Waals surface area contributed by atoms with Crippen LogP contribution >= 0.6 is 0 Å². The molecule has 362 valence electrons. The zero-order valence-electron chi connectivity index (χ0n) is 41.7. The minimum absolute atomic E-state index is 0.485. The Morgan fingerprint density at radius 3 is 1.14 bits per heavy atom. The number of benzene rings is 9. The van der Waals surface area contributed by atoms with E-state index in [9.17, 15) is 5.26 Å². The van der Waals surface area contributed by atoms with Crippen LogP contribution in [0.4, 0.5) is 0 Å². The van der Waals surface area contributed by atoms with E-state index in [2.05, 4.69) is 118 Å². The van der Waals surface area contributed by atoms with Crippen molar-refractivity contribution in [1.29, 1.82) is 5.26 Å². The topological polar surface area (TPSA) is 123 Å². The van der Waals surface area contributed by atoms with Gasteiger partial charge in [0.05, 0.1) is 45.1 Å². The third-order valence-electron chi connectivity index (χ3n) is 14.0. The maximum Gasteiger partial charge on any atom is 0.164 e. The van der Waals surface area contributed by atoms with Crippen LogP contribution in [0.5, 0.6) is 0 Å². The van der Waals surface area contributed by atoms with Crippen molar-refractivity contribution >= 4 is 55.9 Å². The van der Waals surface area contributed by atoms with E-state index in [1.807, 2.05) is 146 Å². The van der Waals surface area contributed by atoms with Crippen LogP contribution in [0.3, 0.4) is 0 Å². The highest BCUT2D eigenvalue weighted by Crippen LogP contribution is 2.42. The van der Waals surface area contributed by atoms with Crippen molar-refractivity contribution in [3.63, 3.8) is 0 Å². The number of aromatic nitrogens is 8. The molecule has 13 rings (SSSR count). The average molecular weight is 989 g/mol. The Balaban J connectivity index is 1.10. The molecule has 9 aromatic carbocycles. The van der Waals surface area contributed by atoms with Crippen molar-refractivity contribution in [2.45, 2.75) is 6.92 Å². The summed E-state index contributed by atoms with van der Waals surface area (Å²) >= 11 is 0. The zero-order chi connectivity index (χ0) is 51.8. The van der Waals surface area contributed by atoms with Gasteiger partial charge in [-0.2, -0.15) is 5.26 Å². The second-order valence-corrected chi connectivity index (χ2v) is 18.5. The van der Waals surface area contributed by atoms with E-state index in [-0.39, 0.29) is 0 Å². The van der Waals surface area contributed by atoms with Crippen LogP contribution in [0.1, 0.15) is 18.1 Å². The van der Waals surface area contributed by atoms with E-state index >= 15 is 0 Å². The summed E-state index contributed by atoms with van der Waals surface area (Å²) in [4.78, 5) is 34.6. The molecule has 4 heterocycles. The maximum atomic E-state index is 11.2. The molecule has 0 bridgehead atoms. The van der Waals surface area contributed by atoms with Crippen LogP contribution in [0.2, 0.25) is 0 Å². The Morgan fingerprint density at radius 2 is 0.766 bits per heavy atom. The van der Waals surface area contributed by atoms with Crippen molar-refractivity contribution < 1.29 is 0 Å². The van der Waals surface area contributed by atoms with Gasteiger partial charge in [-0.05, 0) is 61.7 Å². The van der Waals surface area contributed by atoms with Gasteiger partial charge in [-0.15, -0.1) is 0 Å². The number of rotatable bonds is 11. The normalized spacial score (nSPS) is 11.8. The van der Waals surface area contributed by atoms with Crippen LogP contribution in [-0.2, 0) is 0 Å². The smallest absolute Gasteiger partial charge is 0.164 e. The number of hydrogen-bond acceptors (Lipinski definition) is 8. The zero-order valence-corrected chi connectivity index (χ0v) is 41.7. The molecule has 0 saturated carbocycles. The molecule has 10 nitrogen and oxygen atoms in total. The lowest BCUT2D eigenvalue weighted by Crippen LogP contribution is -2.06. The van der Waals surface area contributed by atoms with E-state index in [0.717, 1.165) is 99.5 Å². The molecule has 10 heteroatoms. The molecule has 13 aromatic rings. The number of nitrogens with zero attached hydrogens (tertiary/aromatic N) is 10. The van der Waals surface area contributed by atoms with E-state index < -0.39 is 0 Å². The first-order valence-electron chi connectivity index (χ1n) is 25.2. The summed E-state index contributed by atoms with van der Waals surface area (Å²) in [5, 5.41) is 15.4. The molecule has 0 spiro atoms. The summed E-state index contributed by atoms with van der Waals surface area (Å²) in [6.07, 6.45) is 5.54. The van der Waals surface area contributed by atoms with Gasteiger partial charge in [-0.25, -0.2) is 29.9 Å². The summed E-state index contributed by atoms with van der Waals surface area (Å²) in [6.45, 7) is 5.69. The summed E-state index contributed by atoms with van der Waals surface area (Å²) in [5.41, 5.74) is 12.6. The van der Waals surface area contributed by atoms with E-state index in [4.69, 9.17) is 29.9 Å². The second kappa shape index (κ2) is 19.6. The molecular formula is C67H44N10. The first-order valence-corrected chi connectivity index (χ1v) is 25.2. The van der Waals surface area contributed by atoms with Crippen molar-refractivity contribution in [2.75, 3.05) is 0 Å². The van der Waals surface area contributed by atoms with Gasteiger partial charge in [-0.1, -0.05) is 188 Å². The Bertz CT molecular complexity index is 4420. The van der Waals surface area contributed by atoms with Crippen LogP contribution in [0, 0.1) is 11.3 Å². The number of nitriles is 1. The number of aliphatic imine (C=N–C) groups is 1. The average Bonchev–Trinajstić information content (AvgIpc) is 4.25. The van der Waals surface area contributed by atoms with Gasteiger partial charge < -0.3 is 9.13 Å². The monoisotopic (exact) mass is 988 g/mol. The van der Waals surface area contributed by atoms with Crippen molar-refractivity contribution in [1.82, 2.24) is 39.0 Å². The SMILES string of the molecule is C=N/C=C\C(=C/C)c1cc(-n2c3ccccc3c3ccc(-c4nc(-c5ccccc5)nc(-c5ccccc5)n4)cc32)c(-n2c3ccccc3c3ccc(-c4nc(-c5ccccc5)nc(-c5ccccc5)n4)cc32)cc1C#N. The van der Waals surface area contributed by atoms with Crippen LogP contribution in [0.25, 0.3) is 129 Å². The van der Waals surface area contributed by atoms with Gasteiger partial charge in [0.25, 0.3) is 0 Å². The van der Waals surface area contributed by atoms with Gasteiger partial charge in [0.15, 0.2) is 34.9 Å². The Morgan fingerprint density at radius 1 is 0.416 bits per heavy atom. The summed E-state index contributed by atoms with van der Waals surface area (Å²) in [5.74, 6) is 3.36. The number of fused-ring (bicyclic) bond motifs is 6. The van der Waals surface area contributed by atoms with Crippen molar-refractivity contribution in [3.05, 3.63) is 248 Å². The molecule has 0 aliphatic heterocycles. The first-order chi connectivity index (χ1) is 38.0. The molecule has 0 amide bonds. The Labute approximate surface area is 443 Å². The molecule has 77 heavy (non-hydrogen) atoms. The third kappa shape index (κ3) is 8.31. The predicted octanol–water partition coefficient (Wildman–Crippen LogP) is 15.7. The maximum absolute atomic E-state index is 11.2. The van der Waals surface area contributed by atoms with Gasteiger partial charge >= 0.3 is 0 Å². The van der Waals surface area contributed by atoms with E-state index in [1.165, 1.54) is 0 Å². The molecule has 0 unspecified atom stereocenters. The van der Waals surface area contributed by atoms with Crippen LogP contribution in [-0.4, -0.2) is 45.8 Å². The third-order valence-corrected chi connectivity index (χ3v) is 14.0. The first kappa shape index (κ1) is 46.1. The number of para-hydroxylation sites is 2. The van der Waals surface area contributed by atoms with Crippen molar-refractivity contribution in [3.8, 4) is 85.8 Å². The van der Waals surface area contributed by atoms with E-state index in [1.54, 1.807) is 6.20 Å². The van der Waals surface area contributed by atoms with Crippen LogP contribution < -0.4 is 0 Å². The fourth-order valence-corrected chi connectivity index (χ4v) is 10.4. The minimum atomic E-state index is 0.485. The lowest BCUT2D eigenvalue weighted by Gasteiger charge is -2.20. The van der Waals surface area contributed by atoms with Crippen LogP contribution in [0.15, 0.2) is 242 Å². The molecule has 0 N–H and O–H groups in total. The van der Waals surface area contributed by atoms with Crippen molar-refractivity contribution in [2.24, 2.45) is 4.99 Å². The highest BCUT2D eigenvalue weighted by Gasteiger charge is 2.24. The molecule has 0 aliphatic rings. The van der Waals surface area contributed by atoms with Gasteiger partial charge in [-0.3, -0.25) is 4.99 Å². The molecular weight excluding hydrogens is 945 g/mol. The van der Waals surface area contributed by atoms with Gasteiger partial charge in [0, 0.05) is 66.7 Å². The standard InChI is InChI=1S/C67H44N10/c1-3-43(36-37-69-2)55-41-61(77-57-31-19-17-29-52(57)54-35-33-49(39-59(54)77)67-74-64(46-24-12-6-13-25-46)71-65(75-67)47-26-14-7-15-27-47)60(40-50(55)42-68)76-56-30-18-16-28-51(56)53-34-32-48(38-58(53)76)66-72-62(44-20-8-4-9-21-44)70-63(73-66)45-22-10-5-11-23-45/h3-41H,2H2,1H3/b37-36-,43-3+. The molecule has 0 fully saturated rings. The fourth-order valence-electron chi connectivity index (χ4n) is 10.4. The molecule has 0 saturated heterocycles. The summed E-state index contributed by atoms with van der Waals surface area (Å²) in [6, 6.07) is 76.4. The minimum Gasteiger partial charge on any atom is -0.307 e. The Kier molecular flexibility index (Phi) is 11.7.